The minimum Gasteiger partial charge on any atom is -0.374 e. The Kier molecular flexibility index (Phi) is 7.60. The summed E-state index contributed by atoms with van der Waals surface area (Å²) in [4.78, 5) is 0. The first-order chi connectivity index (χ1) is 10.2. The van der Waals surface area contributed by atoms with Gasteiger partial charge in [-0.3, -0.25) is 0 Å². The Morgan fingerprint density at radius 1 is 0.905 bits per heavy atom. The lowest BCUT2D eigenvalue weighted by Gasteiger charge is -2.29. The third-order valence-corrected chi connectivity index (χ3v) is 6.15. The van der Waals surface area contributed by atoms with Gasteiger partial charge in [0.25, 0.3) is 0 Å². The van der Waals surface area contributed by atoms with Crippen molar-refractivity contribution in [2.24, 2.45) is 0 Å². The van der Waals surface area contributed by atoms with Crippen molar-refractivity contribution in [3.8, 4) is 0 Å². The molecule has 3 nitrogen and oxygen atoms in total. The van der Waals surface area contributed by atoms with Crippen LogP contribution in [0.3, 0.4) is 0 Å². The van der Waals surface area contributed by atoms with E-state index in [-0.39, 0.29) is 0 Å². The molecule has 0 heterocycles. The average molecular weight is 306 g/mol. The predicted octanol–water partition coefficient (Wildman–Crippen LogP) is 4.10. The smallest absolute Gasteiger partial charge is 0.374 e. The quantitative estimate of drug-likeness (QED) is 0.609. The summed E-state index contributed by atoms with van der Waals surface area (Å²) in [5.41, 5.74) is 3.27. The van der Waals surface area contributed by atoms with E-state index in [4.69, 9.17) is 13.3 Å². The number of hydrogen-bond acceptors (Lipinski definition) is 3. The predicted molar refractivity (Wildman–Crippen MR) is 91.0 cm³/mol. The van der Waals surface area contributed by atoms with E-state index in [0.29, 0.717) is 25.9 Å². The van der Waals surface area contributed by atoms with E-state index in [1.165, 1.54) is 0 Å². The fraction of sp³-hybridized carbons (Fsp3) is 0.412. The Bertz CT molecular complexity index is 428. The van der Waals surface area contributed by atoms with Crippen molar-refractivity contribution in [1.82, 2.24) is 0 Å². The molecule has 0 atom stereocenters. The van der Waals surface area contributed by atoms with Crippen molar-refractivity contribution in [1.29, 1.82) is 0 Å². The van der Waals surface area contributed by atoms with Gasteiger partial charge in [0.1, 0.15) is 0 Å². The van der Waals surface area contributed by atoms with E-state index in [2.05, 4.69) is 13.2 Å². The van der Waals surface area contributed by atoms with Crippen molar-refractivity contribution in [3.05, 3.63) is 48.0 Å². The van der Waals surface area contributed by atoms with Crippen LogP contribution in [0.4, 0.5) is 0 Å². The first-order valence-electron chi connectivity index (χ1n) is 7.44. The van der Waals surface area contributed by atoms with E-state index < -0.39 is 8.80 Å². The monoisotopic (exact) mass is 306 g/mol. The fourth-order valence-electron chi connectivity index (χ4n) is 2.36. The van der Waals surface area contributed by atoms with Gasteiger partial charge in [0.2, 0.25) is 0 Å². The normalized spacial score (nSPS) is 11.4. The third-order valence-electron chi connectivity index (χ3n) is 3.17. The molecule has 0 bridgehead atoms. The van der Waals surface area contributed by atoms with Crippen molar-refractivity contribution in [3.63, 3.8) is 0 Å². The molecule has 1 aromatic carbocycles. The molecule has 0 unspecified atom stereocenters. The molecule has 0 amide bonds. The van der Waals surface area contributed by atoms with Gasteiger partial charge in [0.05, 0.1) is 0 Å². The zero-order chi connectivity index (χ0) is 15.7. The van der Waals surface area contributed by atoms with Crippen molar-refractivity contribution in [2.45, 2.75) is 26.8 Å². The van der Waals surface area contributed by atoms with Gasteiger partial charge in [-0.1, -0.05) is 43.5 Å². The highest BCUT2D eigenvalue weighted by Crippen LogP contribution is 2.24. The highest BCUT2D eigenvalue weighted by molar-refractivity contribution is 6.60. The van der Waals surface area contributed by atoms with Gasteiger partial charge in [-0.15, -0.1) is 0 Å². The maximum absolute atomic E-state index is 5.94. The van der Waals surface area contributed by atoms with Crippen molar-refractivity contribution >= 4 is 21.0 Å². The van der Waals surface area contributed by atoms with Crippen LogP contribution in [-0.4, -0.2) is 28.6 Å². The van der Waals surface area contributed by atoms with E-state index in [1.807, 2.05) is 51.1 Å². The number of hydrogen-bond donors (Lipinski definition) is 0. The summed E-state index contributed by atoms with van der Waals surface area (Å²) in [5, 5.41) is 0. The third kappa shape index (κ3) is 4.64. The zero-order valence-electron chi connectivity index (χ0n) is 13.4. The molecule has 1 rings (SSSR count). The second-order valence-electron chi connectivity index (χ2n) is 4.48. The molecule has 0 radical (unpaired) electrons. The van der Waals surface area contributed by atoms with Crippen molar-refractivity contribution in [2.75, 3.05) is 19.8 Å². The second kappa shape index (κ2) is 8.95. The van der Waals surface area contributed by atoms with Gasteiger partial charge >= 0.3 is 8.80 Å². The molecule has 4 heteroatoms. The van der Waals surface area contributed by atoms with Crippen LogP contribution < -0.4 is 0 Å². The second-order valence-corrected chi connectivity index (χ2v) is 7.07. The SMILES string of the molecule is C=Cc1cccc(C=C)c1C[Si](OCC)(OCC)OCC. The van der Waals surface area contributed by atoms with E-state index >= 15 is 0 Å². The summed E-state index contributed by atoms with van der Waals surface area (Å²) >= 11 is 0. The van der Waals surface area contributed by atoms with Crippen LogP contribution in [0.2, 0.25) is 0 Å². The average Bonchev–Trinajstić information content (AvgIpc) is 2.48. The molecule has 1 aromatic rings. The van der Waals surface area contributed by atoms with Crippen LogP contribution in [0.1, 0.15) is 37.5 Å². The molecule has 0 aromatic heterocycles. The van der Waals surface area contributed by atoms with Gasteiger partial charge < -0.3 is 13.3 Å². The summed E-state index contributed by atoms with van der Waals surface area (Å²) in [6, 6.07) is 6.71. The minimum atomic E-state index is -2.73. The highest BCUT2D eigenvalue weighted by Gasteiger charge is 2.41. The highest BCUT2D eigenvalue weighted by atomic mass is 28.4. The van der Waals surface area contributed by atoms with Gasteiger partial charge in [-0.25, -0.2) is 0 Å². The maximum atomic E-state index is 5.94. The first-order valence-corrected chi connectivity index (χ1v) is 9.38. The fourth-order valence-corrected chi connectivity index (χ4v) is 5.08. The van der Waals surface area contributed by atoms with Crippen LogP contribution in [-0.2, 0) is 19.3 Å². The van der Waals surface area contributed by atoms with Crippen LogP contribution in [0.25, 0.3) is 12.2 Å². The summed E-state index contributed by atoms with van der Waals surface area (Å²) < 4.78 is 17.8. The van der Waals surface area contributed by atoms with Crippen LogP contribution >= 0.6 is 0 Å². The maximum Gasteiger partial charge on any atom is 0.505 e. The minimum absolute atomic E-state index is 0.575. The van der Waals surface area contributed by atoms with Gasteiger partial charge in [-0.2, -0.15) is 0 Å². The van der Waals surface area contributed by atoms with Crippen LogP contribution in [0.15, 0.2) is 31.4 Å². The standard InChI is InChI=1S/C17H26O3Si/c1-6-15-12-11-13-16(7-2)17(15)14-21(18-8-3,19-9-4)20-10-5/h6-7,11-13H,1-2,8-10,14H2,3-5H3. The Balaban J connectivity index is 3.23. The molecule has 0 saturated heterocycles. The Hall–Kier alpha value is -1.20. The van der Waals surface area contributed by atoms with Crippen LogP contribution in [0, 0.1) is 0 Å². The molecule has 0 aliphatic carbocycles. The van der Waals surface area contributed by atoms with E-state index in [0.717, 1.165) is 16.7 Å². The molecule has 0 spiro atoms. The summed E-state index contributed by atoms with van der Waals surface area (Å²) in [7, 11) is -2.73. The molecule has 0 N–H and O–H groups in total. The summed E-state index contributed by atoms with van der Waals surface area (Å²) in [6.07, 6.45) is 3.71. The molecule has 0 aliphatic rings. The largest absolute Gasteiger partial charge is 0.505 e. The lowest BCUT2D eigenvalue weighted by atomic mass is 10.0. The van der Waals surface area contributed by atoms with Gasteiger partial charge in [0.15, 0.2) is 0 Å². The topological polar surface area (TPSA) is 27.7 Å². The lowest BCUT2D eigenvalue weighted by molar-refractivity contribution is 0.0704. The molecule has 0 saturated carbocycles. The molecular formula is C17H26O3Si. The molecule has 0 aliphatic heterocycles. The van der Waals surface area contributed by atoms with Crippen molar-refractivity contribution < 1.29 is 13.3 Å². The van der Waals surface area contributed by atoms with Gasteiger partial charge in [0, 0.05) is 25.9 Å². The molecule has 0 fully saturated rings. The lowest BCUT2D eigenvalue weighted by Crippen LogP contribution is -2.49. The van der Waals surface area contributed by atoms with E-state index in [9.17, 15) is 0 Å². The number of rotatable bonds is 10. The zero-order valence-corrected chi connectivity index (χ0v) is 14.4. The number of benzene rings is 1. The Morgan fingerprint density at radius 2 is 1.33 bits per heavy atom. The van der Waals surface area contributed by atoms with E-state index in [1.54, 1.807) is 0 Å². The summed E-state index contributed by atoms with van der Waals surface area (Å²) in [6.45, 7) is 15.4. The molecular weight excluding hydrogens is 280 g/mol. The molecule has 21 heavy (non-hydrogen) atoms. The summed E-state index contributed by atoms with van der Waals surface area (Å²) in [5.74, 6) is 0. The van der Waals surface area contributed by atoms with Gasteiger partial charge in [-0.05, 0) is 37.5 Å². The first kappa shape index (κ1) is 17.8. The Labute approximate surface area is 129 Å². The Morgan fingerprint density at radius 3 is 1.67 bits per heavy atom. The van der Waals surface area contributed by atoms with Crippen LogP contribution in [0.5, 0.6) is 0 Å². The molecule has 116 valence electrons.